The van der Waals surface area contributed by atoms with E-state index in [1.807, 2.05) is 0 Å². The van der Waals surface area contributed by atoms with Crippen LogP contribution >= 0.6 is 0 Å². The van der Waals surface area contributed by atoms with Gasteiger partial charge in [-0.15, -0.1) is 10.1 Å². The Bertz CT molecular complexity index is 901. The number of pyridine rings is 1. The Hall–Kier alpha value is -3.83. The van der Waals surface area contributed by atoms with Gasteiger partial charge in [0.25, 0.3) is 10.6 Å². The maximum Gasteiger partial charge on any atom is 0.303 e. The Labute approximate surface area is 152 Å². The van der Waals surface area contributed by atoms with E-state index in [9.17, 15) is 9.59 Å². The van der Waals surface area contributed by atoms with Gasteiger partial charge in [-0.05, 0) is 36.9 Å². The molecule has 0 aliphatic rings. The number of aryl methyl sites for hydroxylation is 1. The number of rotatable bonds is 6. The van der Waals surface area contributed by atoms with Crippen molar-refractivity contribution in [2.24, 2.45) is 16.5 Å². The first-order chi connectivity index (χ1) is 12.6. The molecule has 0 spiro atoms. The number of ether oxygens (including phenoxy) is 1. The molecule has 0 bridgehead atoms. The number of nitrogens with two attached hydrogens (primary N) is 2. The number of nitrogens with one attached hydrogen (secondary N) is 1. The number of benzene rings is 1. The highest BCUT2D eigenvalue weighted by Gasteiger charge is 2.08. The van der Waals surface area contributed by atoms with E-state index in [0.717, 1.165) is 5.39 Å². The van der Waals surface area contributed by atoms with Crippen LogP contribution in [0.1, 0.15) is 18.9 Å². The van der Waals surface area contributed by atoms with E-state index >= 15 is 0 Å². The van der Waals surface area contributed by atoms with Crippen molar-refractivity contribution >= 4 is 22.8 Å². The minimum Gasteiger partial charge on any atom is -0.481 e. The fraction of sp³-hybridized carbons (Fsp3) is 0.267. The number of carboxylic acids is 1. The first-order valence-electron chi connectivity index (χ1n) is 7.55. The molecule has 0 aliphatic heterocycles. The number of aliphatic imine (C=N–C) groups is 1. The Morgan fingerprint density at radius 2 is 2.04 bits per heavy atom. The third kappa shape index (κ3) is 7.72. The lowest BCUT2D eigenvalue weighted by Crippen LogP contribution is -2.26. The maximum atomic E-state index is 12.0. The normalized spacial score (nSPS) is 11.0. The minimum absolute atomic E-state index is 0.0743. The standard InChI is InChI=1S/C15H18N4O4.HNO3/c1-8(18-15(16)17)23-11-4-2-9-6-10(3-5-13(20)21)14(22)19-12(9)7-11;2-1(3)4/h2,4,6-8H,3,5H2,1H3,(H,19,22)(H,20,21)(H4,16,17,18);(H,2,3,4). The van der Waals surface area contributed by atoms with Crippen molar-refractivity contribution in [2.45, 2.75) is 26.0 Å². The molecule has 146 valence electrons. The van der Waals surface area contributed by atoms with Crippen LogP contribution in [0, 0.1) is 10.1 Å². The molecule has 1 heterocycles. The van der Waals surface area contributed by atoms with Gasteiger partial charge in [0.05, 0.1) is 5.52 Å². The lowest BCUT2D eigenvalue weighted by atomic mass is 10.1. The number of fused-ring (bicyclic) bond motifs is 1. The third-order valence-corrected chi connectivity index (χ3v) is 3.14. The van der Waals surface area contributed by atoms with Crippen LogP contribution in [0.15, 0.2) is 34.1 Å². The van der Waals surface area contributed by atoms with Crippen LogP contribution in [0.2, 0.25) is 0 Å². The van der Waals surface area contributed by atoms with Gasteiger partial charge in [-0.2, -0.15) is 0 Å². The molecule has 1 aromatic carbocycles. The third-order valence-electron chi connectivity index (χ3n) is 3.14. The molecule has 1 aromatic heterocycles. The summed E-state index contributed by atoms with van der Waals surface area (Å²) in [6, 6.07) is 6.84. The predicted molar refractivity (Wildman–Crippen MR) is 95.2 cm³/mol. The van der Waals surface area contributed by atoms with E-state index in [0.29, 0.717) is 16.8 Å². The van der Waals surface area contributed by atoms with Crippen LogP contribution in [-0.2, 0) is 11.2 Å². The van der Waals surface area contributed by atoms with Gasteiger partial charge >= 0.3 is 5.97 Å². The number of carboxylic acid groups (broad SMARTS) is 1. The molecule has 12 nitrogen and oxygen atoms in total. The summed E-state index contributed by atoms with van der Waals surface area (Å²) in [5, 5.41) is 23.1. The first-order valence-corrected chi connectivity index (χ1v) is 7.55. The molecule has 0 saturated heterocycles. The van der Waals surface area contributed by atoms with Crippen LogP contribution in [0.4, 0.5) is 0 Å². The average molecular weight is 381 g/mol. The van der Waals surface area contributed by atoms with E-state index < -0.39 is 17.3 Å². The Morgan fingerprint density at radius 1 is 1.41 bits per heavy atom. The van der Waals surface area contributed by atoms with Crippen molar-refractivity contribution in [1.82, 2.24) is 4.98 Å². The number of aromatic nitrogens is 1. The fourth-order valence-corrected chi connectivity index (χ4v) is 2.16. The maximum absolute atomic E-state index is 12.0. The second-order valence-corrected chi connectivity index (χ2v) is 5.28. The summed E-state index contributed by atoms with van der Waals surface area (Å²) in [5.41, 5.74) is 11.3. The Kier molecular flexibility index (Phi) is 7.54. The summed E-state index contributed by atoms with van der Waals surface area (Å²) >= 11 is 0. The average Bonchev–Trinajstić information content (AvgIpc) is 2.51. The van der Waals surface area contributed by atoms with Crippen LogP contribution in [0.5, 0.6) is 5.75 Å². The van der Waals surface area contributed by atoms with Crippen LogP contribution < -0.4 is 21.8 Å². The van der Waals surface area contributed by atoms with Gasteiger partial charge in [-0.3, -0.25) is 9.59 Å². The van der Waals surface area contributed by atoms with Crippen molar-refractivity contribution in [1.29, 1.82) is 0 Å². The molecule has 7 N–H and O–H groups in total. The lowest BCUT2D eigenvalue weighted by molar-refractivity contribution is -0.742. The van der Waals surface area contributed by atoms with Gasteiger partial charge in [0, 0.05) is 18.1 Å². The Balaban J connectivity index is 0.000000828. The van der Waals surface area contributed by atoms with Gasteiger partial charge in [0.15, 0.2) is 12.2 Å². The van der Waals surface area contributed by atoms with Gasteiger partial charge in [-0.1, -0.05) is 0 Å². The quantitative estimate of drug-likeness (QED) is 0.200. The lowest BCUT2D eigenvalue weighted by Gasteiger charge is -2.11. The number of aliphatic carboxylic acids is 1. The molecule has 0 fully saturated rings. The van der Waals surface area contributed by atoms with Crippen LogP contribution in [0.25, 0.3) is 10.9 Å². The van der Waals surface area contributed by atoms with Crippen LogP contribution in [-0.4, -0.2) is 38.5 Å². The summed E-state index contributed by atoms with van der Waals surface area (Å²) < 4.78 is 5.54. The second-order valence-electron chi connectivity index (χ2n) is 5.28. The number of carbonyl (C=O) groups is 1. The zero-order chi connectivity index (χ0) is 20.6. The monoisotopic (exact) mass is 381 g/mol. The molecule has 1 unspecified atom stereocenters. The molecule has 0 aliphatic carbocycles. The number of hydrogen-bond donors (Lipinski definition) is 5. The highest BCUT2D eigenvalue weighted by molar-refractivity contribution is 5.80. The predicted octanol–water partition coefficient (Wildman–Crippen LogP) is 0.196. The SMILES string of the molecule is CC(N=C(N)N)Oc1ccc2cc(CCC(=O)O)c(=O)[nH]c2c1.O=[N+]([O-])O. The molecule has 12 heteroatoms. The second kappa shape index (κ2) is 9.60. The number of hydrogen-bond acceptors (Lipinski definition) is 6. The van der Waals surface area contributed by atoms with Crippen molar-refractivity contribution in [3.05, 3.63) is 50.3 Å². The summed E-state index contributed by atoms with van der Waals surface area (Å²) in [6.45, 7) is 1.68. The van der Waals surface area contributed by atoms with E-state index in [2.05, 4.69) is 9.98 Å². The zero-order valence-electron chi connectivity index (χ0n) is 14.3. The van der Waals surface area contributed by atoms with E-state index in [1.54, 1.807) is 31.2 Å². The fourth-order valence-electron chi connectivity index (χ4n) is 2.16. The molecule has 2 aromatic rings. The zero-order valence-corrected chi connectivity index (χ0v) is 14.3. The molecule has 27 heavy (non-hydrogen) atoms. The molecular weight excluding hydrogens is 362 g/mol. The number of guanidine groups is 1. The minimum atomic E-state index is -1.50. The molecular formula is C15H19N5O7. The van der Waals surface area contributed by atoms with Crippen molar-refractivity contribution in [3.63, 3.8) is 0 Å². The van der Waals surface area contributed by atoms with E-state index in [1.165, 1.54) is 0 Å². The van der Waals surface area contributed by atoms with Gasteiger partial charge < -0.3 is 31.5 Å². The summed E-state index contributed by atoms with van der Waals surface area (Å²) in [6.07, 6.45) is -0.467. The van der Waals surface area contributed by atoms with E-state index in [4.69, 9.17) is 36.6 Å². The first kappa shape index (κ1) is 21.2. The number of aromatic amines is 1. The molecule has 0 amide bonds. The smallest absolute Gasteiger partial charge is 0.303 e. The van der Waals surface area contributed by atoms with Crippen molar-refractivity contribution in [3.8, 4) is 5.75 Å². The highest BCUT2D eigenvalue weighted by Crippen LogP contribution is 2.20. The molecule has 2 rings (SSSR count). The summed E-state index contributed by atoms with van der Waals surface area (Å²) in [5.74, 6) is -0.513. The van der Waals surface area contributed by atoms with Crippen molar-refractivity contribution < 1.29 is 24.9 Å². The number of nitrogens with zero attached hydrogens (tertiary/aromatic N) is 2. The summed E-state index contributed by atoms with van der Waals surface area (Å²) in [7, 11) is 0. The molecule has 0 radical (unpaired) electrons. The van der Waals surface area contributed by atoms with Gasteiger partial charge in [0.1, 0.15) is 5.75 Å². The summed E-state index contributed by atoms with van der Waals surface area (Å²) in [4.78, 5) is 37.5. The highest BCUT2D eigenvalue weighted by atomic mass is 16.9. The van der Waals surface area contributed by atoms with Gasteiger partial charge in [-0.25, -0.2) is 4.99 Å². The topological polar surface area (TPSA) is 207 Å². The van der Waals surface area contributed by atoms with Crippen LogP contribution in [0.3, 0.4) is 0 Å². The largest absolute Gasteiger partial charge is 0.481 e. The molecule has 0 saturated carbocycles. The van der Waals surface area contributed by atoms with E-state index in [-0.39, 0.29) is 24.4 Å². The van der Waals surface area contributed by atoms with Crippen molar-refractivity contribution in [2.75, 3.05) is 0 Å². The van der Waals surface area contributed by atoms with Gasteiger partial charge in [0.2, 0.25) is 0 Å². The number of H-pyrrole nitrogens is 1. The Morgan fingerprint density at radius 3 is 2.59 bits per heavy atom. The molecule has 1 atom stereocenters.